The number of hydrogen-bond donors (Lipinski definition) is 1. The van der Waals surface area contributed by atoms with Gasteiger partial charge in [0.25, 0.3) is 0 Å². The van der Waals surface area contributed by atoms with Gasteiger partial charge in [0, 0.05) is 23.0 Å². The van der Waals surface area contributed by atoms with E-state index in [9.17, 15) is 13.8 Å². The molecule has 0 radical (unpaired) electrons. The number of cyclic esters (lactones) is 1. The Hall–Kier alpha value is -3.03. The van der Waals surface area contributed by atoms with Crippen LogP contribution in [0.2, 0.25) is 0 Å². The van der Waals surface area contributed by atoms with Crippen molar-refractivity contribution in [2.24, 2.45) is 5.10 Å². The SMILES string of the molecule is Cc1cc(-c2ccc(C3=NNC(=O)OC3)cc2N(F)F)ccn1. The fourth-order valence-corrected chi connectivity index (χ4v) is 2.27. The number of amides is 1. The maximum absolute atomic E-state index is 13.3. The highest BCUT2D eigenvalue weighted by Gasteiger charge is 2.18. The van der Waals surface area contributed by atoms with Crippen molar-refractivity contribution >= 4 is 17.5 Å². The van der Waals surface area contributed by atoms with Gasteiger partial charge in [0.05, 0.1) is 0 Å². The Kier molecular flexibility index (Phi) is 3.88. The number of anilines is 1. The van der Waals surface area contributed by atoms with E-state index >= 15 is 0 Å². The molecule has 0 saturated carbocycles. The number of ether oxygens (including phenoxy) is 1. The largest absolute Gasteiger partial charge is 0.442 e. The Labute approximate surface area is 130 Å². The number of hydrazone groups is 1. The molecule has 2 heterocycles. The Balaban J connectivity index is 2.04. The van der Waals surface area contributed by atoms with Crippen LogP contribution in [0.3, 0.4) is 0 Å². The lowest BCUT2D eigenvalue weighted by Gasteiger charge is -2.16. The second kappa shape index (κ2) is 5.99. The van der Waals surface area contributed by atoms with Crippen molar-refractivity contribution in [1.29, 1.82) is 0 Å². The molecule has 1 aliphatic heterocycles. The molecule has 8 heteroatoms. The van der Waals surface area contributed by atoms with Gasteiger partial charge >= 0.3 is 6.09 Å². The van der Waals surface area contributed by atoms with E-state index in [0.717, 1.165) is 5.69 Å². The van der Waals surface area contributed by atoms with Gasteiger partial charge in [-0.15, -0.1) is 0 Å². The van der Waals surface area contributed by atoms with Crippen LogP contribution in [-0.2, 0) is 4.74 Å². The molecule has 0 atom stereocenters. The average Bonchev–Trinajstić information content (AvgIpc) is 2.55. The van der Waals surface area contributed by atoms with Gasteiger partial charge in [-0.1, -0.05) is 21.1 Å². The first-order valence-electron chi connectivity index (χ1n) is 6.73. The van der Waals surface area contributed by atoms with Crippen LogP contribution in [0.25, 0.3) is 11.1 Å². The van der Waals surface area contributed by atoms with Crippen LogP contribution in [0.1, 0.15) is 11.3 Å². The lowest BCUT2D eigenvalue weighted by molar-refractivity contribution is 0.157. The number of halogens is 2. The smallest absolute Gasteiger partial charge is 0.428 e. The topological polar surface area (TPSA) is 66.8 Å². The van der Waals surface area contributed by atoms with Crippen molar-refractivity contribution in [2.75, 3.05) is 12.0 Å². The summed E-state index contributed by atoms with van der Waals surface area (Å²) in [6.07, 6.45) is 0.896. The van der Waals surface area contributed by atoms with Crippen molar-refractivity contribution < 1.29 is 18.5 Å². The molecule has 0 fully saturated rings. The van der Waals surface area contributed by atoms with Crippen LogP contribution >= 0.6 is 0 Å². The average molecular weight is 318 g/mol. The molecule has 0 unspecified atom stereocenters. The zero-order valence-electron chi connectivity index (χ0n) is 12.1. The zero-order valence-corrected chi connectivity index (χ0v) is 12.1. The molecule has 118 valence electrons. The van der Waals surface area contributed by atoms with Crippen LogP contribution in [0.15, 0.2) is 41.6 Å². The molecule has 3 rings (SSSR count). The highest BCUT2D eigenvalue weighted by atomic mass is 19.4. The first kappa shape index (κ1) is 14.9. The quantitative estimate of drug-likeness (QED) is 0.883. The zero-order chi connectivity index (χ0) is 16.4. The molecule has 6 nitrogen and oxygen atoms in total. The van der Waals surface area contributed by atoms with Crippen molar-refractivity contribution in [3.63, 3.8) is 0 Å². The fraction of sp³-hybridized carbons (Fsp3) is 0.133. The Morgan fingerprint density at radius 1 is 1.22 bits per heavy atom. The van der Waals surface area contributed by atoms with Crippen molar-refractivity contribution in [3.8, 4) is 11.1 Å². The van der Waals surface area contributed by atoms with Gasteiger partial charge in [-0.3, -0.25) is 4.98 Å². The van der Waals surface area contributed by atoms with Gasteiger partial charge in [0.1, 0.15) is 18.0 Å². The Bertz CT molecular complexity index is 793. The van der Waals surface area contributed by atoms with E-state index in [0.29, 0.717) is 22.4 Å². The van der Waals surface area contributed by atoms with Gasteiger partial charge in [0.15, 0.2) is 0 Å². The van der Waals surface area contributed by atoms with Crippen LogP contribution in [0.5, 0.6) is 0 Å². The lowest BCUT2D eigenvalue weighted by atomic mass is 10.00. The number of benzene rings is 1. The molecule has 1 aromatic heterocycles. The number of carbonyl (C=O) groups is 1. The standard InChI is InChI=1S/C15H12F2N4O2/c1-9-6-10(4-5-18-9)12-3-2-11(7-14(12)21(16)17)13-8-23-15(22)20-19-13/h2-7H,8H2,1H3,(H,20,22). The number of carbonyl (C=O) groups excluding carboxylic acids is 1. The van der Waals surface area contributed by atoms with Crippen molar-refractivity contribution in [2.45, 2.75) is 6.92 Å². The normalized spacial score (nSPS) is 13.9. The summed E-state index contributed by atoms with van der Waals surface area (Å²) in [6.45, 7) is 1.72. The number of aromatic nitrogens is 1. The summed E-state index contributed by atoms with van der Waals surface area (Å²) in [5.41, 5.74) is 4.42. The molecular formula is C15H12F2N4O2. The predicted octanol–water partition coefficient (Wildman–Crippen LogP) is 3.08. The van der Waals surface area contributed by atoms with Gasteiger partial charge in [0.2, 0.25) is 0 Å². The maximum atomic E-state index is 13.3. The number of nitrogens with one attached hydrogen (secondary N) is 1. The third kappa shape index (κ3) is 3.10. The van der Waals surface area contributed by atoms with E-state index in [1.54, 1.807) is 37.4 Å². The van der Waals surface area contributed by atoms with Crippen LogP contribution in [-0.4, -0.2) is 23.4 Å². The lowest BCUT2D eigenvalue weighted by Crippen LogP contribution is -2.30. The molecule has 1 amide bonds. The summed E-state index contributed by atoms with van der Waals surface area (Å²) >= 11 is 0. The minimum Gasteiger partial charge on any atom is -0.442 e. The number of rotatable bonds is 3. The number of pyridine rings is 1. The molecule has 1 N–H and O–H groups in total. The minimum absolute atomic E-state index is 0.0719. The Morgan fingerprint density at radius 3 is 2.70 bits per heavy atom. The van der Waals surface area contributed by atoms with E-state index in [4.69, 9.17) is 4.74 Å². The monoisotopic (exact) mass is 318 g/mol. The van der Waals surface area contributed by atoms with E-state index in [-0.39, 0.29) is 12.3 Å². The van der Waals surface area contributed by atoms with Crippen LogP contribution < -0.4 is 10.8 Å². The first-order chi connectivity index (χ1) is 11.0. The summed E-state index contributed by atoms with van der Waals surface area (Å²) in [4.78, 5) is 15.0. The van der Waals surface area contributed by atoms with E-state index < -0.39 is 11.4 Å². The fourth-order valence-electron chi connectivity index (χ4n) is 2.27. The van der Waals surface area contributed by atoms with E-state index in [1.807, 2.05) is 0 Å². The predicted molar refractivity (Wildman–Crippen MR) is 80.1 cm³/mol. The summed E-state index contributed by atoms with van der Waals surface area (Å²) < 4.78 is 31.4. The first-order valence-corrected chi connectivity index (χ1v) is 6.73. The highest BCUT2D eigenvalue weighted by molar-refractivity contribution is 6.05. The molecule has 2 aromatic rings. The van der Waals surface area contributed by atoms with Gasteiger partial charge in [-0.05, 0) is 36.0 Å². The maximum Gasteiger partial charge on any atom is 0.428 e. The third-order valence-corrected chi connectivity index (χ3v) is 3.34. The summed E-state index contributed by atoms with van der Waals surface area (Å²) in [5.74, 6) is 0. The number of hydrogen-bond acceptors (Lipinski definition) is 5. The second-order valence-corrected chi connectivity index (χ2v) is 4.90. The highest BCUT2D eigenvalue weighted by Crippen LogP contribution is 2.33. The van der Waals surface area contributed by atoms with Crippen LogP contribution in [0.4, 0.5) is 19.4 Å². The third-order valence-electron chi connectivity index (χ3n) is 3.34. The van der Waals surface area contributed by atoms with Gasteiger partial charge in [-0.25, -0.2) is 10.2 Å². The van der Waals surface area contributed by atoms with Crippen molar-refractivity contribution in [1.82, 2.24) is 10.4 Å². The molecule has 0 saturated heterocycles. The van der Waals surface area contributed by atoms with Crippen molar-refractivity contribution in [3.05, 3.63) is 47.8 Å². The van der Waals surface area contributed by atoms with Gasteiger partial charge < -0.3 is 4.74 Å². The second-order valence-electron chi connectivity index (χ2n) is 4.90. The number of nitrogens with zero attached hydrogens (tertiary/aromatic N) is 3. The molecule has 0 spiro atoms. The summed E-state index contributed by atoms with van der Waals surface area (Å²) in [7, 11) is 0. The van der Waals surface area contributed by atoms with E-state index in [2.05, 4.69) is 15.5 Å². The Morgan fingerprint density at radius 2 is 2.04 bits per heavy atom. The molecule has 0 aliphatic carbocycles. The minimum atomic E-state index is -0.947. The number of aryl methyl sites for hydroxylation is 1. The molecule has 1 aromatic carbocycles. The summed E-state index contributed by atoms with van der Waals surface area (Å²) in [5, 5.41) is 2.87. The van der Waals surface area contributed by atoms with Crippen LogP contribution in [0, 0.1) is 6.92 Å². The summed E-state index contributed by atoms with van der Waals surface area (Å²) in [6, 6.07) is 7.91. The molecular weight excluding hydrogens is 306 g/mol. The van der Waals surface area contributed by atoms with Gasteiger partial charge in [-0.2, -0.15) is 5.10 Å². The van der Waals surface area contributed by atoms with E-state index in [1.165, 1.54) is 6.07 Å². The molecule has 1 aliphatic rings. The molecule has 0 bridgehead atoms. The molecule has 23 heavy (non-hydrogen) atoms.